The second-order valence-electron chi connectivity index (χ2n) is 30.3. The molecule has 0 saturated carbocycles. The smallest absolute Gasteiger partial charge is 0.00934 e. The minimum Gasteiger partial charge on any atom is -0.0120 e. The Morgan fingerprint density at radius 1 is 0.0575 bits per heavy atom. The highest BCUT2D eigenvalue weighted by Crippen LogP contribution is 1.70. The first-order chi connectivity index (χ1) is 43.4. The molecule has 0 aliphatic rings. The third-order valence-corrected chi connectivity index (χ3v) is 1720. The molecule has 0 aromatic carbocycles. The molecule has 0 fully saturated rings. The van der Waals surface area contributed by atoms with Gasteiger partial charge in [0.25, 0.3) is 0 Å². The number of hydrogen-bond donors (Lipinski definition) is 0. The summed E-state index contributed by atoms with van der Waals surface area (Å²) in [4.78, 5) is 0. The first kappa shape index (κ1) is 106. The highest BCUT2D eigenvalue weighted by Gasteiger charge is 2.07. The summed E-state index contributed by atoms with van der Waals surface area (Å²) in [5.74, 6) is 0. The van der Waals surface area contributed by atoms with Gasteiger partial charge in [-0.1, -0.05) is 0 Å². The molecule has 0 saturated heterocycles. The normalized spacial score (nSPS) is 23.6. The fourth-order valence-corrected chi connectivity index (χ4v) is 3600. The highest BCUT2D eigenvalue weighted by atomic mass is 30.2. The summed E-state index contributed by atoms with van der Waals surface area (Å²) in [6, 6.07) is 0. The van der Waals surface area contributed by atoms with E-state index in [0.29, 0.717) is 0 Å². The zero-order valence-corrected chi connectivity index (χ0v) is 186. The van der Waals surface area contributed by atoms with Gasteiger partial charge in [0.2, 0.25) is 0 Å². The van der Waals surface area contributed by atoms with Crippen LogP contribution in [-0.4, -0.2) is 747 Å². The second kappa shape index (κ2) is 105. The summed E-state index contributed by atoms with van der Waals surface area (Å²) in [6.45, 7) is 0. The van der Waals surface area contributed by atoms with E-state index in [2.05, 4.69) is 0 Å². The average Bonchev–Trinajstić information content (AvgIpc) is 3.53. The van der Waals surface area contributed by atoms with E-state index in [0.717, 1.165) is 727 Å². The van der Waals surface area contributed by atoms with Crippen molar-refractivity contribution in [2.75, 3.05) is 0 Å². The van der Waals surface area contributed by atoms with Crippen molar-refractivity contribution < 1.29 is 0 Å². The molecule has 0 spiro atoms. The summed E-state index contributed by atoms with van der Waals surface area (Å²) in [6.07, 6.45) is 0. The van der Waals surface area contributed by atoms with E-state index >= 15 is 0 Å². The van der Waals surface area contributed by atoms with Gasteiger partial charge in [0.1, 0.15) is 0 Å². The van der Waals surface area contributed by atoms with Crippen molar-refractivity contribution in [3.05, 3.63) is 0 Å². The molecule has 524 valence electrons. The zero-order chi connectivity index (χ0) is 62.1. The maximum absolute atomic E-state index is 1.76. The minimum absolute atomic E-state index is 0.819. The standard InChI is InChI=1S/H176Si87/c1-3-5-7-9-11-13-15-17-19-21-23-25-27-29-31-33-35-37-39-41-43-45-47-49-51-53-55-57-59-61-63-65-67-69-71-73-75-77-79-81-83-85-87-86-84-82-80-78-76-74-72-70-68-66-64-62-60-58-56-54-52-50-48-46-44-42-40-38-36-34-32-30-28-26-24-22-20-18-16-14-12-10-8-6-4-2/h3-87H2,1-2H3. The van der Waals surface area contributed by atoms with Crippen LogP contribution < -0.4 is 0 Å². The molecular weight excluding hydrogens is 2440 g/mol. The predicted molar refractivity (Wildman–Crippen MR) is 746 cm³/mol. The Labute approximate surface area is 731 Å². The van der Waals surface area contributed by atoms with Crippen molar-refractivity contribution >= 4 is 747 Å². The first-order valence-electron chi connectivity index (χ1n) is 43.4. The fraction of sp³-hybridized carbons (Fsp3) is 0. The maximum Gasteiger partial charge on any atom is -0.00934 e. The molecule has 0 aromatic rings. The van der Waals surface area contributed by atoms with Crippen molar-refractivity contribution in [2.45, 2.75) is 0 Å². The lowest BCUT2D eigenvalue weighted by atomic mass is 26.1. The molecule has 0 bridgehead atoms. The van der Waals surface area contributed by atoms with Crippen LogP contribution in [0.2, 0.25) is 0 Å². The van der Waals surface area contributed by atoms with Gasteiger partial charge < -0.3 is 0 Å². The Morgan fingerprint density at radius 2 is 0.0920 bits per heavy atom. The van der Waals surface area contributed by atoms with Gasteiger partial charge in [0.05, 0.1) is 0 Å². The van der Waals surface area contributed by atoms with Crippen molar-refractivity contribution in [2.24, 2.45) is 0 Å². The van der Waals surface area contributed by atoms with Crippen LogP contribution in [0, 0.1) is 0 Å². The molecule has 0 atom stereocenters. The Kier molecular flexibility index (Phi) is 128. The van der Waals surface area contributed by atoms with Crippen LogP contribution in [-0.2, 0) is 0 Å². The van der Waals surface area contributed by atoms with Gasteiger partial charge in [0, 0.05) is 0 Å². The Balaban J connectivity index is 3.08. The van der Waals surface area contributed by atoms with E-state index in [4.69, 9.17) is 0 Å². The van der Waals surface area contributed by atoms with E-state index in [1.54, 1.807) is 19.5 Å². The van der Waals surface area contributed by atoms with Gasteiger partial charge >= 0.3 is 0 Å². The van der Waals surface area contributed by atoms with Gasteiger partial charge in [0.15, 0.2) is 0 Å². The van der Waals surface area contributed by atoms with Crippen LogP contribution in [0.15, 0.2) is 0 Å². The number of hydrogen-bond acceptors (Lipinski definition) is 0. The van der Waals surface area contributed by atoms with E-state index in [1.807, 2.05) is 0 Å². The van der Waals surface area contributed by atoms with Crippen LogP contribution in [0.25, 0.3) is 0 Å². The second-order valence-corrected chi connectivity index (χ2v) is 819. The van der Waals surface area contributed by atoms with Gasteiger partial charge in [-0.05, 0) is 747 Å². The molecular formula is H176Si87. The van der Waals surface area contributed by atoms with Crippen molar-refractivity contribution in [1.29, 1.82) is 0 Å². The highest BCUT2D eigenvalue weighted by molar-refractivity contribution is 7.83. The molecule has 0 unspecified atom stereocenters. The molecule has 0 heterocycles. The lowest BCUT2D eigenvalue weighted by Crippen LogP contribution is -2.38. The summed E-state index contributed by atoms with van der Waals surface area (Å²) in [5, 5.41) is 0. The fourth-order valence-electron chi connectivity index (χ4n) is 14.8. The predicted octanol–water partition coefficient (Wildman–Crippen LogP) is -80.2. The summed E-state index contributed by atoms with van der Waals surface area (Å²) in [5.41, 5.74) is 0. The van der Waals surface area contributed by atoms with E-state index in [-0.39, 0.29) is 0 Å². The SMILES string of the molecule is [SiH3][SiH2][SiH2][SiH2][SiH2][SiH2][SiH2][SiH2][SiH2][SiH2][SiH2][SiH2][SiH2][SiH2][SiH2][SiH2][SiH2][SiH2][SiH2][SiH2][SiH2][SiH2][SiH2][SiH2][SiH2][SiH2][SiH2][SiH2][SiH2][SiH2][SiH2][SiH2][SiH2][SiH2][SiH2][SiH2][SiH2][SiH2][SiH2][SiH2][SiH2][SiH2][SiH2][SiH2][SiH2][SiH2][SiH2][SiH2][SiH2][SiH2][SiH2][SiH2][SiH2][SiH2][SiH2][SiH2][SiH2][SiH2][SiH2][SiH2][SiH2][SiH2][SiH2][SiH2][SiH2][SiH2][SiH2][SiH2][SiH2][SiH2][SiH2][SiH2][SiH2][SiH2][SiH2][SiH2][SiH2][SiH2][SiH2][SiH2][SiH2][SiH2][SiH2][SiH2][SiH2][SiH2][SiH3]. The van der Waals surface area contributed by atoms with Crippen LogP contribution >= 0.6 is 0 Å². The molecule has 0 aliphatic carbocycles. The summed E-state index contributed by atoms with van der Waals surface area (Å²) in [7, 11) is 83.2. The Hall–Kier alpha value is 18.9. The zero-order valence-electron chi connectivity index (χ0n) is 62.1. The molecule has 0 nitrogen and oxygen atoms in total. The van der Waals surface area contributed by atoms with E-state index < -0.39 is 0 Å². The molecule has 87 heavy (non-hydrogen) atoms. The van der Waals surface area contributed by atoms with E-state index in [1.165, 1.54) is 0 Å². The van der Waals surface area contributed by atoms with Crippen LogP contribution in [0.5, 0.6) is 0 Å². The first-order valence-corrected chi connectivity index (χ1v) is 391. The van der Waals surface area contributed by atoms with Crippen molar-refractivity contribution in [1.82, 2.24) is 0 Å². The Bertz CT molecular complexity index is 1010. The summed E-state index contributed by atoms with van der Waals surface area (Å²) < 4.78 is 0. The maximum atomic E-state index is 1.76. The largest absolute Gasteiger partial charge is 0.0120 e. The molecule has 0 rings (SSSR count). The van der Waals surface area contributed by atoms with Crippen LogP contribution in [0.3, 0.4) is 0 Å². The Morgan fingerprint density at radius 3 is 0.126 bits per heavy atom. The lowest BCUT2D eigenvalue weighted by molar-refractivity contribution is 3.76. The van der Waals surface area contributed by atoms with Gasteiger partial charge in [-0.25, -0.2) is 0 Å². The minimum atomic E-state index is 0.819. The van der Waals surface area contributed by atoms with Crippen molar-refractivity contribution in [3.8, 4) is 0 Å². The molecule has 0 amide bonds. The van der Waals surface area contributed by atoms with E-state index in [9.17, 15) is 0 Å². The average molecular weight is 2620 g/mol. The topological polar surface area (TPSA) is 0 Å². The molecule has 0 aromatic heterocycles. The van der Waals surface area contributed by atoms with Crippen LogP contribution in [0.1, 0.15) is 0 Å². The van der Waals surface area contributed by atoms with Gasteiger partial charge in [-0.3, -0.25) is 0 Å². The summed E-state index contributed by atoms with van der Waals surface area (Å²) >= 11 is 0. The number of rotatable bonds is 84. The lowest BCUT2D eigenvalue weighted by Gasteiger charge is -2.01. The molecule has 0 aliphatic heterocycles. The third kappa shape index (κ3) is 105. The molecule has 0 N–H and O–H groups in total. The monoisotopic (exact) mass is 2610 g/mol. The molecule has 87 heteroatoms. The third-order valence-electron chi connectivity index (χ3n) is 21.2. The van der Waals surface area contributed by atoms with Crippen LogP contribution in [0.4, 0.5) is 0 Å². The van der Waals surface area contributed by atoms with Crippen molar-refractivity contribution in [3.63, 3.8) is 0 Å². The molecule has 0 radical (unpaired) electrons. The van der Waals surface area contributed by atoms with Gasteiger partial charge in [-0.15, -0.1) is 0 Å². The quantitative estimate of drug-likeness (QED) is 0.0421. The van der Waals surface area contributed by atoms with Gasteiger partial charge in [-0.2, -0.15) is 0 Å².